The highest BCUT2D eigenvalue weighted by molar-refractivity contribution is 5.90. The molecule has 4 rings (SSSR count). The van der Waals surface area contributed by atoms with Crippen LogP contribution in [0.3, 0.4) is 0 Å². The van der Waals surface area contributed by atoms with E-state index in [9.17, 15) is 4.79 Å². The molecule has 2 aromatic heterocycles. The van der Waals surface area contributed by atoms with E-state index < -0.39 is 5.91 Å². The van der Waals surface area contributed by atoms with Crippen molar-refractivity contribution in [2.75, 3.05) is 0 Å². The molecule has 0 radical (unpaired) electrons. The van der Waals surface area contributed by atoms with Crippen LogP contribution in [0.5, 0.6) is 0 Å². The lowest BCUT2D eigenvalue weighted by atomic mass is 10.1. The zero-order chi connectivity index (χ0) is 16.5. The molecule has 2 heterocycles. The van der Waals surface area contributed by atoms with Gasteiger partial charge >= 0.3 is 0 Å². The van der Waals surface area contributed by atoms with Gasteiger partial charge in [-0.05, 0) is 11.6 Å². The first-order valence-electron chi connectivity index (χ1n) is 7.47. The van der Waals surface area contributed by atoms with Crippen LogP contribution in [0.25, 0.3) is 22.2 Å². The number of nitrogens with zero attached hydrogens (tertiary/aromatic N) is 3. The maximum absolute atomic E-state index is 11.1. The quantitative estimate of drug-likeness (QED) is 0.627. The first-order chi connectivity index (χ1) is 11.7. The Kier molecular flexibility index (Phi) is 3.35. The Hall–Kier alpha value is -3.41. The molecule has 6 nitrogen and oxygen atoms in total. The molecule has 0 fully saturated rings. The van der Waals surface area contributed by atoms with Crippen LogP contribution in [0.15, 0.2) is 65.3 Å². The normalized spacial score (nSPS) is 11.0. The minimum Gasteiger partial charge on any atom is -0.363 e. The SMILES string of the molecule is NC(=O)c1cc(-c2ccc(Cn3ncc4ccccc43)cc2)no1. The number of carbonyl (C=O) groups is 1. The molecule has 6 heteroatoms. The molecule has 2 aromatic carbocycles. The van der Waals surface area contributed by atoms with E-state index in [-0.39, 0.29) is 5.76 Å². The number of amides is 1. The Bertz CT molecular complexity index is 1010. The molecule has 118 valence electrons. The molecule has 0 atom stereocenters. The summed E-state index contributed by atoms with van der Waals surface area (Å²) in [5, 5.41) is 9.41. The van der Waals surface area contributed by atoms with E-state index in [1.54, 1.807) is 6.07 Å². The van der Waals surface area contributed by atoms with E-state index in [2.05, 4.69) is 16.3 Å². The predicted molar refractivity (Wildman–Crippen MR) is 89.3 cm³/mol. The molecule has 2 N–H and O–H groups in total. The van der Waals surface area contributed by atoms with E-state index in [0.717, 1.165) is 22.0 Å². The monoisotopic (exact) mass is 318 g/mol. The average molecular weight is 318 g/mol. The van der Waals surface area contributed by atoms with Gasteiger partial charge in [0.05, 0.1) is 18.3 Å². The number of fused-ring (bicyclic) bond motifs is 1. The summed E-state index contributed by atoms with van der Waals surface area (Å²) < 4.78 is 6.87. The Morgan fingerprint density at radius 3 is 2.67 bits per heavy atom. The van der Waals surface area contributed by atoms with E-state index in [0.29, 0.717) is 12.2 Å². The maximum atomic E-state index is 11.1. The van der Waals surface area contributed by atoms with Gasteiger partial charge in [0.2, 0.25) is 5.76 Å². The molecule has 0 saturated carbocycles. The molecule has 0 unspecified atom stereocenters. The van der Waals surface area contributed by atoms with Crippen LogP contribution >= 0.6 is 0 Å². The van der Waals surface area contributed by atoms with Crippen molar-refractivity contribution in [3.05, 3.63) is 72.1 Å². The summed E-state index contributed by atoms with van der Waals surface area (Å²) in [6.07, 6.45) is 1.87. The number of nitrogens with two attached hydrogens (primary N) is 1. The number of carbonyl (C=O) groups excluding carboxylic acids is 1. The molecule has 1 amide bonds. The van der Waals surface area contributed by atoms with Gasteiger partial charge in [0.25, 0.3) is 5.91 Å². The molecule has 0 aliphatic heterocycles. The topological polar surface area (TPSA) is 86.9 Å². The Labute approximate surface area is 137 Å². The summed E-state index contributed by atoms with van der Waals surface area (Å²) in [6, 6.07) is 17.5. The predicted octanol–water partition coefficient (Wildman–Crippen LogP) is 2.84. The fourth-order valence-corrected chi connectivity index (χ4v) is 2.63. The van der Waals surface area contributed by atoms with Crippen molar-refractivity contribution in [1.29, 1.82) is 0 Å². The molecule has 0 aliphatic rings. The minimum atomic E-state index is -0.629. The van der Waals surface area contributed by atoms with Crippen molar-refractivity contribution in [3.63, 3.8) is 0 Å². The number of para-hydroxylation sites is 1. The Morgan fingerprint density at radius 2 is 1.92 bits per heavy atom. The number of rotatable bonds is 4. The summed E-state index contributed by atoms with van der Waals surface area (Å²) in [5.41, 5.74) is 8.83. The van der Waals surface area contributed by atoms with Crippen molar-refractivity contribution in [1.82, 2.24) is 14.9 Å². The van der Waals surface area contributed by atoms with Crippen molar-refractivity contribution in [2.24, 2.45) is 5.73 Å². The maximum Gasteiger partial charge on any atom is 0.287 e. The zero-order valence-electron chi connectivity index (χ0n) is 12.7. The molecule has 24 heavy (non-hydrogen) atoms. The molecular formula is C18H14N4O2. The van der Waals surface area contributed by atoms with Crippen molar-refractivity contribution < 1.29 is 9.32 Å². The Morgan fingerprint density at radius 1 is 1.12 bits per heavy atom. The fraction of sp³-hybridized carbons (Fsp3) is 0.0556. The standard InChI is InChI=1S/C18H14N4O2/c19-18(23)17-9-15(21-24-17)13-7-5-12(6-8-13)11-22-16-4-2-1-3-14(16)10-20-22/h1-10H,11H2,(H2,19,23). The van der Waals surface area contributed by atoms with Gasteiger partial charge in [-0.15, -0.1) is 0 Å². The largest absolute Gasteiger partial charge is 0.363 e. The van der Waals surface area contributed by atoms with Crippen LogP contribution < -0.4 is 5.73 Å². The smallest absolute Gasteiger partial charge is 0.287 e. The first kappa shape index (κ1) is 14.2. The van der Waals surface area contributed by atoms with Gasteiger partial charge in [-0.25, -0.2) is 0 Å². The van der Waals surface area contributed by atoms with Crippen LogP contribution in [0.4, 0.5) is 0 Å². The minimum absolute atomic E-state index is 0.0529. The van der Waals surface area contributed by atoms with Gasteiger partial charge in [-0.2, -0.15) is 5.10 Å². The van der Waals surface area contributed by atoms with Gasteiger partial charge in [0, 0.05) is 17.0 Å². The second-order valence-electron chi connectivity index (χ2n) is 5.50. The van der Waals surface area contributed by atoms with Crippen molar-refractivity contribution in [2.45, 2.75) is 6.54 Å². The fourth-order valence-electron chi connectivity index (χ4n) is 2.63. The summed E-state index contributed by atoms with van der Waals surface area (Å²) in [7, 11) is 0. The lowest BCUT2D eigenvalue weighted by molar-refractivity contribution is 0.0965. The van der Waals surface area contributed by atoms with Gasteiger partial charge in [0.15, 0.2) is 0 Å². The third-order valence-corrected chi connectivity index (χ3v) is 3.89. The van der Waals surface area contributed by atoms with Gasteiger partial charge < -0.3 is 10.3 Å². The van der Waals surface area contributed by atoms with Gasteiger partial charge in [0.1, 0.15) is 5.69 Å². The van der Waals surface area contributed by atoms with Crippen LogP contribution in [-0.2, 0) is 6.54 Å². The zero-order valence-corrected chi connectivity index (χ0v) is 12.7. The third-order valence-electron chi connectivity index (χ3n) is 3.89. The van der Waals surface area contributed by atoms with Crippen molar-refractivity contribution >= 4 is 16.8 Å². The van der Waals surface area contributed by atoms with E-state index in [1.807, 2.05) is 53.3 Å². The molecule has 0 spiro atoms. The summed E-state index contributed by atoms with van der Waals surface area (Å²) in [4.78, 5) is 11.1. The highest BCUT2D eigenvalue weighted by atomic mass is 16.5. The highest BCUT2D eigenvalue weighted by Crippen LogP contribution is 2.21. The number of benzene rings is 2. The van der Waals surface area contributed by atoms with Crippen LogP contribution in [0.2, 0.25) is 0 Å². The summed E-state index contributed by atoms with van der Waals surface area (Å²) >= 11 is 0. The van der Waals surface area contributed by atoms with Gasteiger partial charge in [-0.3, -0.25) is 9.48 Å². The van der Waals surface area contributed by atoms with Crippen LogP contribution in [0.1, 0.15) is 16.1 Å². The number of aromatic nitrogens is 3. The second kappa shape index (κ2) is 5.66. The molecule has 0 aliphatic carbocycles. The number of primary amides is 1. The van der Waals surface area contributed by atoms with Crippen LogP contribution in [0, 0.1) is 0 Å². The third kappa shape index (κ3) is 2.54. The van der Waals surface area contributed by atoms with E-state index in [1.165, 1.54) is 0 Å². The summed E-state index contributed by atoms with van der Waals surface area (Å²) in [5.74, 6) is -0.576. The Balaban J connectivity index is 1.58. The van der Waals surface area contributed by atoms with E-state index >= 15 is 0 Å². The lowest BCUT2D eigenvalue weighted by Crippen LogP contribution is -2.09. The molecule has 0 bridgehead atoms. The number of hydrogen-bond donors (Lipinski definition) is 1. The highest BCUT2D eigenvalue weighted by Gasteiger charge is 2.11. The second-order valence-corrected chi connectivity index (χ2v) is 5.50. The van der Waals surface area contributed by atoms with Crippen molar-refractivity contribution in [3.8, 4) is 11.3 Å². The molecule has 4 aromatic rings. The van der Waals surface area contributed by atoms with Gasteiger partial charge in [-0.1, -0.05) is 47.6 Å². The van der Waals surface area contributed by atoms with E-state index in [4.69, 9.17) is 10.3 Å². The number of hydrogen-bond acceptors (Lipinski definition) is 4. The average Bonchev–Trinajstić information content (AvgIpc) is 3.24. The first-order valence-corrected chi connectivity index (χ1v) is 7.47. The summed E-state index contributed by atoms with van der Waals surface area (Å²) in [6.45, 7) is 0.680. The molecule has 0 saturated heterocycles. The van der Waals surface area contributed by atoms with Crippen LogP contribution in [-0.4, -0.2) is 20.8 Å². The molecular weight excluding hydrogens is 304 g/mol. The lowest BCUT2D eigenvalue weighted by Gasteiger charge is -2.05.